The van der Waals surface area contributed by atoms with E-state index in [-0.39, 0.29) is 37.4 Å². The highest BCUT2D eigenvalue weighted by Gasteiger charge is 2.35. The van der Waals surface area contributed by atoms with Crippen LogP contribution in [0.15, 0.2) is 84.0 Å². The molecule has 0 bridgehead atoms. The van der Waals surface area contributed by atoms with E-state index in [9.17, 15) is 14.7 Å². The maximum Gasteiger partial charge on any atom is 0.254 e. The lowest BCUT2D eigenvalue weighted by Gasteiger charge is -2.24. The van der Waals surface area contributed by atoms with E-state index < -0.39 is 6.10 Å². The van der Waals surface area contributed by atoms with Gasteiger partial charge < -0.3 is 24.9 Å². The van der Waals surface area contributed by atoms with Gasteiger partial charge in [0.25, 0.3) is 5.91 Å². The zero-order valence-electron chi connectivity index (χ0n) is 21.0. The van der Waals surface area contributed by atoms with Crippen LogP contribution < -0.4 is 10.1 Å². The third-order valence-electron chi connectivity index (χ3n) is 6.39. The monoisotopic (exact) mass is 501 g/mol. The van der Waals surface area contributed by atoms with E-state index >= 15 is 0 Å². The van der Waals surface area contributed by atoms with Crippen molar-refractivity contribution in [3.05, 3.63) is 90.0 Å². The van der Waals surface area contributed by atoms with Gasteiger partial charge in [-0.2, -0.15) is 0 Å². The molecule has 192 valence electrons. The molecule has 0 spiro atoms. The van der Waals surface area contributed by atoms with Gasteiger partial charge in [0.2, 0.25) is 5.91 Å². The Bertz CT molecular complexity index is 1240. The molecule has 0 unspecified atom stereocenters. The Morgan fingerprint density at radius 2 is 1.73 bits per heavy atom. The van der Waals surface area contributed by atoms with Crippen LogP contribution in [-0.4, -0.2) is 60.9 Å². The number of benzene rings is 3. The second kappa shape index (κ2) is 12.2. The van der Waals surface area contributed by atoms with Crippen molar-refractivity contribution in [3.8, 4) is 16.9 Å². The number of carbonyl (C=O) groups is 2. The minimum absolute atomic E-state index is 0.0902. The van der Waals surface area contributed by atoms with E-state index in [0.717, 1.165) is 22.4 Å². The van der Waals surface area contributed by atoms with Crippen molar-refractivity contribution in [3.63, 3.8) is 0 Å². The fourth-order valence-corrected chi connectivity index (χ4v) is 4.52. The minimum Gasteiger partial charge on any atom is -0.496 e. The molecular formula is C29H31N3O5. The molecule has 0 radical (unpaired) electrons. The summed E-state index contributed by atoms with van der Waals surface area (Å²) in [4.78, 5) is 32.8. The largest absolute Gasteiger partial charge is 0.496 e. The average molecular weight is 502 g/mol. The number of para-hydroxylation sites is 1. The first-order valence-electron chi connectivity index (χ1n) is 12.1. The van der Waals surface area contributed by atoms with Gasteiger partial charge in [-0.25, -0.2) is 0 Å². The number of nitrogens with one attached hydrogen (secondary N) is 1. The number of oxime groups is 1. The van der Waals surface area contributed by atoms with Crippen LogP contribution in [0, 0.1) is 0 Å². The van der Waals surface area contributed by atoms with Gasteiger partial charge in [0, 0.05) is 36.6 Å². The number of hydrogen-bond acceptors (Lipinski definition) is 6. The summed E-state index contributed by atoms with van der Waals surface area (Å²) in [7, 11) is 3.09. The smallest absolute Gasteiger partial charge is 0.254 e. The van der Waals surface area contributed by atoms with Gasteiger partial charge in [-0.3, -0.25) is 9.59 Å². The molecule has 4 rings (SSSR count). The number of methoxy groups -OCH3 is 1. The number of carbonyl (C=O) groups excluding carboxylic acids is 2. The van der Waals surface area contributed by atoms with Gasteiger partial charge >= 0.3 is 0 Å². The topological polar surface area (TPSA) is 100 Å². The maximum absolute atomic E-state index is 13.4. The molecule has 2 N–H and O–H groups in total. The molecule has 2 amide bonds. The summed E-state index contributed by atoms with van der Waals surface area (Å²) in [6.45, 7) is 0.373. The van der Waals surface area contributed by atoms with E-state index in [1.54, 1.807) is 36.3 Å². The number of nitrogens with zero attached hydrogens (tertiary/aromatic N) is 2. The SMILES string of the molecule is CON=C1C[C@@H](CC(=O)NC[C@@H](O)c2ccccc2)N(C(=O)c2ccc(-c3ccccc3OC)cc2)C1. The fourth-order valence-electron chi connectivity index (χ4n) is 4.52. The van der Waals surface area contributed by atoms with Crippen molar-refractivity contribution in [2.75, 3.05) is 27.3 Å². The predicted octanol–water partition coefficient (Wildman–Crippen LogP) is 3.82. The van der Waals surface area contributed by atoms with Crippen LogP contribution in [0.4, 0.5) is 0 Å². The first-order valence-corrected chi connectivity index (χ1v) is 12.1. The van der Waals surface area contributed by atoms with Crippen molar-refractivity contribution < 1.29 is 24.3 Å². The predicted molar refractivity (Wildman–Crippen MR) is 141 cm³/mol. The molecule has 1 saturated heterocycles. The fraction of sp³-hybridized carbons (Fsp3) is 0.276. The van der Waals surface area contributed by atoms with Crippen LogP contribution in [0.5, 0.6) is 5.75 Å². The van der Waals surface area contributed by atoms with Gasteiger partial charge in [0.1, 0.15) is 12.9 Å². The molecule has 3 aromatic rings. The van der Waals surface area contributed by atoms with E-state index in [0.29, 0.717) is 17.7 Å². The van der Waals surface area contributed by atoms with Crippen LogP contribution in [0.25, 0.3) is 11.1 Å². The molecule has 0 saturated carbocycles. The molecule has 3 aromatic carbocycles. The molecule has 0 aromatic heterocycles. The summed E-state index contributed by atoms with van der Waals surface area (Å²) < 4.78 is 5.45. The minimum atomic E-state index is -0.807. The number of hydrogen-bond donors (Lipinski definition) is 2. The van der Waals surface area contributed by atoms with Gasteiger partial charge in [0.05, 0.1) is 25.5 Å². The zero-order chi connectivity index (χ0) is 26.2. The number of ether oxygens (including phenoxy) is 1. The third-order valence-corrected chi connectivity index (χ3v) is 6.39. The molecule has 1 aliphatic rings. The Labute approximate surface area is 216 Å². The van der Waals surface area contributed by atoms with Crippen LogP contribution >= 0.6 is 0 Å². The maximum atomic E-state index is 13.4. The quantitative estimate of drug-likeness (QED) is 0.434. The van der Waals surface area contributed by atoms with Crippen LogP contribution in [0.1, 0.15) is 34.9 Å². The highest BCUT2D eigenvalue weighted by Crippen LogP contribution is 2.30. The van der Waals surface area contributed by atoms with Crippen molar-refractivity contribution in [2.24, 2.45) is 5.16 Å². The molecule has 2 atom stereocenters. The third kappa shape index (κ3) is 6.34. The number of aliphatic hydroxyl groups excluding tert-OH is 1. The Morgan fingerprint density at radius 3 is 2.43 bits per heavy atom. The van der Waals surface area contributed by atoms with Crippen LogP contribution in [-0.2, 0) is 9.63 Å². The Morgan fingerprint density at radius 1 is 1.03 bits per heavy atom. The lowest BCUT2D eigenvalue weighted by Crippen LogP contribution is -2.40. The first kappa shape index (κ1) is 25.9. The summed E-state index contributed by atoms with van der Waals surface area (Å²) >= 11 is 0. The highest BCUT2D eigenvalue weighted by atomic mass is 16.6. The molecule has 0 aliphatic carbocycles. The molecule has 8 heteroatoms. The Hall–Kier alpha value is -4.17. The summed E-state index contributed by atoms with van der Waals surface area (Å²) in [5.74, 6) is 0.322. The normalized spacial score (nSPS) is 16.9. The van der Waals surface area contributed by atoms with E-state index in [2.05, 4.69) is 10.5 Å². The number of aliphatic hydroxyl groups is 1. The number of likely N-dealkylation sites (tertiary alicyclic amines) is 1. The van der Waals surface area contributed by atoms with Crippen molar-refractivity contribution in [1.29, 1.82) is 0 Å². The Kier molecular flexibility index (Phi) is 8.53. The van der Waals surface area contributed by atoms with Gasteiger partial charge in [-0.15, -0.1) is 0 Å². The van der Waals surface area contributed by atoms with E-state index in [4.69, 9.17) is 9.57 Å². The van der Waals surface area contributed by atoms with Crippen molar-refractivity contribution >= 4 is 17.5 Å². The molecular weight excluding hydrogens is 470 g/mol. The summed E-state index contributed by atoms with van der Waals surface area (Å²) in [6, 6.07) is 23.8. The summed E-state index contributed by atoms with van der Waals surface area (Å²) in [5.41, 5.74) is 3.81. The standard InChI is InChI=1S/C29H31N3O5/c1-36-27-11-7-6-10-25(27)20-12-14-22(15-13-20)29(35)32-19-23(31-37-2)16-24(32)17-28(34)30-18-26(33)21-8-4-3-5-9-21/h3-15,24,26,33H,16-19H2,1-2H3,(H,30,34)/t24-,26+/m0/s1. The summed E-state index contributed by atoms with van der Waals surface area (Å²) in [5, 5.41) is 17.2. The van der Waals surface area contributed by atoms with Gasteiger partial charge in [-0.05, 0) is 29.3 Å². The van der Waals surface area contributed by atoms with Gasteiger partial charge in [-0.1, -0.05) is 65.8 Å². The molecule has 8 nitrogen and oxygen atoms in total. The lowest BCUT2D eigenvalue weighted by molar-refractivity contribution is -0.122. The van der Waals surface area contributed by atoms with Crippen LogP contribution in [0.3, 0.4) is 0 Å². The molecule has 37 heavy (non-hydrogen) atoms. The van der Waals surface area contributed by atoms with E-state index in [1.807, 2.05) is 54.6 Å². The van der Waals surface area contributed by atoms with Gasteiger partial charge in [0.15, 0.2) is 0 Å². The number of amides is 2. The zero-order valence-corrected chi connectivity index (χ0v) is 21.0. The Balaban J connectivity index is 1.44. The highest BCUT2D eigenvalue weighted by molar-refractivity contribution is 6.01. The molecule has 1 heterocycles. The molecule has 1 aliphatic heterocycles. The second-order valence-corrected chi connectivity index (χ2v) is 8.84. The molecule has 1 fully saturated rings. The summed E-state index contributed by atoms with van der Waals surface area (Å²) in [6.07, 6.45) is -0.276. The second-order valence-electron chi connectivity index (χ2n) is 8.84. The number of rotatable bonds is 9. The van der Waals surface area contributed by atoms with Crippen LogP contribution in [0.2, 0.25) is 0 Å². The van der Waals surface area contributed by atoms with E-state index in [1.165, 1.54) is 7.11 Å². The van der Waals surface area contributed by atoms with Crippen molar-refractivity contribution in [2.45, 2.75) is 25.0 Å². The first-order chi connectivity index (χ1) is 18.0. The van der Waals surface area contributed by atoms with Crippen molar-refractivity contribution in [1.82, 2.24) is 10.2 Å². The lowest BCUT2D eigenvalue weighted by atomic mass is 10.0. The average Bonchev–Trinajstić information content (AvgIpc) is 3.33.